The topological polar surface area (TPSA) is 27.7 Å². The van der Waals surface area contributed by atoms with E-state index in [2.05, 4.69) is 5.32 Å². The highest BCUT2D eigenvalue weighted by Gasteiger charge is 2.23. The third-order valence-electron chi connectivity index (χ3n) is 1.20. The van der Waals surface area contributed by atoms with Crippen molar-refractivity contribution in [2.75, 3.05) is 20.4 Å². The summed E-state index contributed by atoms with van der Waals surface area (Å²) in [5.74, 6) is 0. The molecule has 0 aliphatic carbocycles. The highest BCUT2D eigenvalue weighted by atomic mass is 35.5. The first-order valence-corrected chi connectivity index (χ1v) is 3.51. The highest BCUT2D eigenvalue weighted by Crippen LogP contribution is 2.09. The first-order chi connectivity index (χ1) is 4.74. The van der Waals surface area contributed by atoms with Crippen LogP contribution >= 0.6 is 23.6 Å². The van der Waals surface area contributed by atoms with Crippen molar-refractivity contribution >= 4 is 23.6 Å². The average Bonchev–Trinajstić information content (AvgIpc) is 1.88. The minimum absolute atomic E-state index is 0.239. The molecule has 1 saturated heterocycles. The third-order valence-corrected chi connectivity index (χ3v) is 1.71. The van der Waals surface area contributed by atoms with Crippen molar-refractivity contribution in [3.63, 3.8) is 0 Å². The average molecular weight is 186 g/mol. The maximum absolute atomic E-state index is 5.70. The van der Waals surface area contributed by atoms with Crippen LogP contribution in [0.15, 0.2) is 0 Å². The van der Waals surface area contributed by atoms with Crippen molar-refractivity contribution in [2.24, 2.45) is 0 Å². The second-order valence-corrected chi connectivity index (χ2v) is 2.87. The van der Waals surface area contributed by atoms with E-state index < -0.39 is 0 Å². The largest absolute Gasteiger partial charge is 0.352 e. The number of nitrogens with zero attached hydrogens (tertiary/aromatic N) is 2. The van der Waals surface area contributed by atoms with Crippen molar-refractivity contribution < 1.29 is 4.74 Å². The van der Waals surface area contributed by atoms with E-state index in [0.29, 0.717) is 13.3 Å². The Bertz CT molecular complexity index is 115. The quantitative estimate of drug-likeness (QED) is 0.598. The van der Waals surface area contributed by atoms with Gasteiger partial charge < -0.3 is 4.74 Å². The SMILES string of the molecule is COC1NCN(Cl)CN1Cl. The van der Waals surface area contributed by atoms with Gasteiger partial charge in [0.25, 0.3) is 0 Å². The maximum Gasteiger partial charge on any atom is 0.181 e. The first kappa shape index (κ1) is 8.52. The Kier molecular flexibility index (Phi) is 3.16. The summed E-state index contributed by atoms with van der Waals surface area (Å²) in [5, 5.41) is 2.93. The molecule has 1 heterocycles. The van der Waals surface area contributed by atoms with E-state index in [9.17, 15) is 0 Å². The molecule has 1 rings (SSSR count). The summed E-state index contributed by atoms with van der Waals surface area (Å²) in [5.41, 5.74) is 0. The molecule has 0 amide bonds. The molecule has 1 aliphatic rings. The molecular formula is C4H9Cl2N3O. The summed E-state index contributed by atoms with van der Waals surface area (Å²) in [6, 6.07) is 0. The number of ether oxygens (including phenoxy) is 1. The molecule has 0 bridgehead atoms. The van der Waals surface area contributed by atoms with Crippen LogP contribution < -0.4 is 5.32 Å². The Morgan fingerprint density at radius 2 is 2.30 bits per heavy atom. The molecule has 1 aliphatic heterocycles. The summed E-state index contributed by atoms with van der Waals surface area (Å²) in [6.07, 6.45) is -0.239. The standard InChI is InChI=1S/C4H9Cl2N3O/c1-10-4-7-2-8(5)3-9(4)6/h4,7H,2-3H2,1H3. The predicted octanol–water partition coefficient (Wildman–Crippen LogP) is 0.346. The van der Waals surface area contributed by atoms with Crippen LogP contribution in [0.1, 0.15) is 0 Å². The molecule has 60 valence electrons. The van der Waals surface area contributed by atoms with Gasteiger partial charge in [-0.15, -0.1) is 0 Å². The van der Waals surface area contributed by atoms with Gasteiger partial charge in [-0.05, 0) is 23.6 Å². The molecular weight excluding hydrogens is 177 g/mol. The second kappa shape index (κ2) is 3.71. The monoisotopic (exact) mass is 185 g/mol. The Balaban J connectivity index is 2.36. The smallest absolute Gasteiger partial charge is 0.181 e. The lowest BCUT2D eigenvalue weighted by Crippen LogP contribution is -2.53. The van der Waals surface area contributed by atoms with Gasteiger partial charge in [-0.1, -0.05) is 0 Å². The number of nitrogens with one attached hydrogen (secondary N) is 1. The van der Waals surface area contributed by atoms with Gasteiger partial charge in [0, 0.05) is 7.11 Å². The number of rotatable bonds is 1. The van der Waals surface area contributed by atoms with Crippen LogP contribution in [0.5, 0.6) is 0 Å². The zero-order valence-electron chi connectivity index (χ0n) is 5.55. The van der Waals surface area contributed by atoms with Gasteiger partial charge in [-0.3, -0.25) is 5.32 Å². The van der Waals surface area contributed by atoms with Gasteiger partial charge in [-0.2, -0.15) is 8.84 Å². The lowest BCUT2D eigenvalue weighted by molar-refractivity contribution is -0.0524. The Labute approximate surface area is 69.8 Å². The Hall–Kier alpha value is 0.420. The molecule has 0 saturated carbocycles. The summed E-state index contributed by atoms with van der Waals surface area (Å²) in [4.78, 5) is 0. The highest BCUT2D eigenvalue weighted by molar-refractivity contribution is 6.15. The number of halogens is 2. The fraction of sp³-hybridized carbons (Fsp3) is 1.00. The van der Waals surface area contributed by atoms with Gasteiger partial charge in [0.2, 0.25) is 0 Å². The van der Waals surface area contributed by atoms with E-state index in [1.54, 1.807) is 7.11 Å². The van der Waals surface area contributed by atoms with E-state index in [1.165, 1.54) is 8.84 Å². The molecule has 1 N–H and O–H groups in total. The number of methoxy groups -OCH3 is 1. The predicted molar refractivity (Wildman–Crippen MR) is 39.1 cm³/mol. The van der Waals surface area contributed by atoms with Gasteiger partial charge in [0.15, 0.2) is 6.35 Å². The van der Waals surface area contributed by atoms with Crippen LogP contribution in [0.25, 0.3) is 0 Å². The van der Waals surface area contributed by atoms with Crippen LogP contribution in [-0.4, -0.2) is 35.6 Å². The van der Waals surface area contributed by atoms with E-state index in [1.807, 2.05) is 0 Å². The molecule has 0 aromatic carbocycles. The summed E-state index contributed by atoms with van der Waals surface area (Å²) >= 11 is 11.3. The normalized spacial score (nSPS) is 30.9. The summed E-state index contributed by atoms with van der Waals surface area (Å²) in [6.45, 7) is 1.05. The second-order valence-electron chi connectivity index (χ2n) is 1.95. The number of hydrogen-bond donors (Lipinski definition) is 1. The molecule has 0 aromatic rings. The molecule has 1 unspecified atom stereocenters. The van der Waals surface area contributed by atoms with Crippen molar-refractivity contribution in [1.29, 1.82) is 0 Å². The summed E-state index contributed by atoms with van der Waals surface area (Å²) in [7, 11) is 1.58. The molecule has 0 spiro atoms. The number of hydrogen-bond acceptors (Lipinski definition) is 4. The van der Waals surface area contributed by atoms with E-state index in [0.717, 1.165) is 0 Å². The van der Waals surface area contributed by atoms with Crippen LogP contribution in [0.2, 0.25) is 0 Å². The van der Waals surface area contributed by atoms with Crippen molar-refractivity contribution in [2.45, 2.75) is 6.35 Å². The Morgan fingerprint density at radius 1 is 1.60 bits per heavy atom. The molecule has 6 heteroatoms. The maximum atomic E-state index is 5.70. The zero-order chi connectivity index (χ0) is 7.56. The lowest BCUT2D eigenvalue weighted by Gasteiger charge is -2.33. The van der Waals surface area contributed by atoms with Gasteiger partial charge in [0.05, 0.1) is 13.3 Å². The zero-order valence-corrected chi connectivity index (χ0v) is 7.06. The summed E-state index contributed by atoms with van der Waals surface area (Å²) < 4.78 is 7.91. The molecule has 10 heavy (non-hydrogen) atoms. The first-order valence-electron chi connectivity index (χ1n) is 2.83. The minimum atomic E-state index is -0.239. The minimum Gasteiger partial charge on any atom is -0.352 e. The van der Waals surface area contributed by atoms with Crippen LogP contribution in [0.3, 0.4) is 0 Å². The van der Waals surface area contributed by atoms with Gasteiger partial charge >= 0.3 is 0 Å². The molecule has 0 aromatic heterocycles. The molecule has 4 nitrogen and oxygen atoms in total. The van der Waals surface area contributed by atoms with E-state index in [4.69, 9.17) is 28.3 Å². The Morgan fingerprint density at radius 3 is 2.80 bits per heavy atom. The fourth-order valence-corrected chi connectivity index (χ4v) is 1.26. The van der Waals surface area contributed by atoms with Crippen molar-refractivity contribution in [1.82, 2.24) is 14.2 Å². The van der Waals surface area contributed by atoms with Crippen LogP contribution in [0, 0.1) is 0 Å². The van der Waals surface area contributed by atoms with Crippen LogP contribution in [0.4, 0.5) is 0 Å². The van der Waals surface area contributed by atoms with Crippen LogP contribution in [-0.2, 0) is 4.74 Å². The lowest BCUT2D eigenvalue weighted by atomic mass is 10.7. The van der Waals surface area contributed by atoms with Gasteiger partial charge in [0.1, 0.15) is 0 Å². The molecule has 0 radical (unpaired) electrons. The van der Waals surface area contributed by atoms with Gasteiger partial charge in [-0.25, -0.2) is 0 Å². The van der Waals surface area contributed by atoms with E-state index >= 15 is 0 Å². The fourth-order valence-electron chi connectivity index (χ4n) is 0.745. The van der Waals surface area contributed by atoms with E-state index in [-0.39, 0.29) is 6.35 Å². The van der Waals surface area contributed by atoms with Crippen molar-refractivity contribution in [3.8, 4) is 0 Å². The molecule has 1 fully saturated rings. The van der Waals surface area contributed by atoms with Crippen molar-refractivity contribution in [3.05, 3.63) is 0 Å². The third kappa shape index (κ3) is 1.95. The molecule has 1 atom stereocenters.